The van der Waals surface area contributed by atoms with Crippen LogP contribution >= 0.6 is 11.3 Å². The Morgan fingerprint density at radius 3 is 3.07 bits per heavy atom. The van der Waals surface area contributed by atoms with E-state index >= 15 is 0 Å². The molecule has 4 nitrogen and oxygen atoms in total. The van der Waals surface area contributed by atoms with Crippen LogP contribution in [0.15, 0.2) is 38.3 Å². The highest BCUT2D eigenvalue weighted by molar-refractivity contribution is 7.07. The third-order valence-corrected chi connectivity index (χ3v) is 2.91. The molecule has 0 unspecified atom stereocenters. The monoisotopic (exact) mass is 221 g/mol. The van der Waals surface area contributed by atoms with Crippen LogP contribution in [0.5, 0.6) is 0 Å². The quantitative estimate of drug-likeness (QED) is 0.714. The Balaban J connectivity index is 2.35. The van der Waals surface area contributed by atoms with Crippen LogP contribution in [0.3, 0.4) is 0 Å². The Labute approximate surface area is 91.2 Å². The highest BCUT2D eigenvalue weighted by atomic mass is 32.1. The molecule has 0 aliphatic heterocycles. The van der Waals surface area contributed by atoms with E-state index < -0.39 is 0 Å². The molecule has 0 spiro atoms. The fraction of sp³-hybridized carbons (Fsp3) is 0.200. The Kier molecular flexibility index (Phi) is 2.82. The van der Waals surface area contributed by atoms with Gasteiger partial charge in [0, 0.05) is 12.4 Å². The van der Waals surface area contributed by atoms with Crippen molar-refractivity contribution >= 4 is 17.6 Å². The summed E-state index contributed by atoms with van der Waals surface area (Å²) in [6.45, 7) is 1.99. The van der Waals surface area contributed by atoms with Crippen molar-refractivity contribution in [3.05, 3.63) is 40.0 Å². The molecule has 0 amide bonds. The maximum Gasteiger partial charge on any atom is 0.205 e. The van der Waals surface area contributed by atoms with E-state index in [1.807, 2.05) is 24.4 Å². The van der Waals surface area contributed by atoms with E-state index in [2.05, 4.69) is 10.1 Å². The smallest absolute Gasteiger partial charge is 0.205 e. The predicted molar refractivity (Wildman–Crippen MR) is 60.2 cm³/mol. The molecular weight excluding hydrogens is 210 g/mol. The van der Waals surface area contributed by atoms with Crippen molar-refractivity contribution in [3.63, 3.8) is 0 Å². The first kappa shape index (κ1) is 9.92. The molecule has 0 bridgehead atoms. The van der Waals surface area contributed by atoms with Crippen LogP contribution in [-0.4, -0.2) is 17.9 Å². The zero-order valence-electron chi connectivity index (χ0n) is 8.54. The summed E-state index contributed by atoms with van der Waals surface area (Å²) in [4.78, 5) is 5.00. The Morgan fingerprint density at radius 2 is 2.40 bits per heavy atom. The Hall–Kier alpha value is -1.62. The number of furan rings is 1. The van der Waals surface area contributed by atoms with Crippen molar-refractivity contribution in [2.45, 2.75) is 6.92 Å². The van der Waals surface area contributed by atoms with E-state index in [4.69, 9.17) is 4.42 Å². The highest BCUT2D eigenvalue weighted by Crippen LogP contribution is 2.00. The number of aromatic nitrogens is 1. The molecule has 2 aromatic rings. The standard InChI is InChI=1S/C10H11N3OS/c1-8-7-15-10(11-2)13(8)12-6-9-4-3-5-14-9/h3-7H,1-2H3/b11-10?,12-6-. The molecule has 0 atom stereocenters. The van der Waals surface area contributed by atoms with Gasteiger partial charge in [-0.2, -0.15) is 5.10 Å². The van der Waals surface area contributed by atoms with Gasteiger partial charge in [-0.3, -0.25) is 4.99 Å². The van der Waals surface area contributed by atoms with E-state index in [9.17, 15) is 0 Å². The topological polar surface area (TPSA) is 42.8 Å². The lowest BCUT2D eigenvalue weighted by Gasteiger charge is -1.94. The van der Waals surface area contributed by atoms with Crippen molar-refractivity contribution in [2.24, 2.45) is 10.1 Å². The summed E-state index contributed by atoms with van der Waals surface area (Å²) in [5, 5.41) is 6.31. The second-order valence-corrected chi connectivity index (χ2v) is 3.79. The predicted octanol–water partition coefficient (Wildman–Crippen LogP) is 1.86. The maximum absolute atomic E-state index is 5.16. The summed E-state index contributed by atoms with van der Waals surface area (Å²) < 4.78 is 6.94. The molecule has 0 saturated heterocycles. The van der Waals surface area contributed by atoms with E-state index in [-0.39, 0.29) is 0 Å². The van der Waals surface area contributed by atoms with Gasteiger partial charge < -0.3 is 4.42 Å². The second kappa shape index (κ2) is 4.27. The number of hydrogen-bond donors (Lipinski definition) is 0. The molecule has 0 N–H and O–H groups in total. The summed E-state index contributed by atoms with van der Waals surface area (Å²) in [6, 6.07) is 3.69. The molecule has 2 aromatic heterocycles. The van der Waals surface area contributed by atoms with Crippen molar-refractivity contribution in [1.82, 2.24) is 4.68 Å². The molecule has 2 rings (SSSR count). The third-order valence-electron chi connectivity index (χ3n) is 1.89. The minimum absolute atomic E-state index is 0.732. The SMILES string of the molecule is CN=c1scc(C)n1/N=C\c1ccco1. The molecule has 0 aliphatic rings. The van der Waals surface area contributed by atoms with E-state index in [1.165, 1.54) is 0 Å². The van der Waals surface area contributed by atoms with Crippen LogP contribution in [0.1, 0.15) is 11.5 Å². The fourth-order valence-corrected chi connectivity index (χ4v) is 1.93. The van der Waals surface area contributed by atoms with Crippen LogP contribution in [0.25, 0.3) is 0 Å². The van der Waals surface area contributed by atoms with Gasteiger partial charge in [-0.1, -0.05) is 0 Å². The van der Waals surface area contributed by atoms with Gasteiger partial charge in [0.25, 0.3) is 0 Å². The molecule has 78 valence electrons. The summed E-state index contributed by atoms with van der Waals surface area (Å²) in [5.41, 5.74) is 1.06. The number of hydrogen-bond acceptors (Lipinski definition) is 4. The fourth-order valence-electron chi connectivity index (χ4n) is 1.16. The van der Waals surface area contributed by atoms with Gasteiger partial charge in [0.05, 0.1) is 18.2 Å². The summed E-state index contributed by atoms with van der Waals surface area (Å²) >= 11 is 1.57. The van der Waals surface area contributed by atoms with Crippen molar-refractivity contribution in [2.75, 3.05) is 7.05 Å². The van der Waals surface area contributed by atoms with Gasteiger partial charge in [0.15, 0.2) is 0 Å². The molecular formula is C10H11N3OS. The molecule has 0 aromatic carbocycles. The first-order valence-electron chi connectivity index (χ1n) is 4.49. The zero-order chi connectivity index (χ0) is 10.7. The van der Waals surface area contributed by atoms with Crippen molar-refractivity contribution in [3.8, 4) is 0 Å². The van der Waals surface area contributed by atoms with Gasteiger partial charge in [-0.05, 0) is 19.1 Å². The molecule has 2 heterocycles. The van der Waals surface area contributed by atoms with Crippen molar-refractivity contribution < 1.29 is 4.42 Å². The van der Waals surface area contributed by atoms with Crippen LogP contribution in [-0.2, 0) is 0 Å². The molecule has 0 radical (unpaired) electrons. The van der Waals surface area contributed by atoms with Crippen LogP contribution in [0.2, 0.25) is 0 Å². The summed E-state index contributed by atoms with van der Waals surface area (Å²) in [5.74, 6) is 0.732. The van der Waals surface area contributed by atoms with Gasteiger partial charge in [0.1, 0.15) is 5.76 Å². The zero-order valence-corrected chi connectivity index (χ0v) is 9.36. The third kappa shape index (κ3) is 2.07. The lowest BCUT2D eigenvalue weighted by Crippen LogP contribution is -2.11. The summed E-state index contributed by atoms with van der Waals surface area (Å²) in [7, 11) is 1.75. The first-order chi connectivity index (χ1) is 7.31. The number of nitrogens with zero attached hydrogens (tertiary/aromatic N) is 3. The van der Waals surface area contributed by atoms with Gasteiger partial charge >= 0.3 is 0 Å². The molecule has 5 heteroatoms. The van der Waals surface area contributed by atoms with Crippen LogP contribution in [0, 0.1) is 6.92 Å². The van der Waals surface area contributed by atoms with Gasteiger partial charge in [-0.15, -0.1) is 11.3 Å². The molecule has 0 aliphatic carbocycles. The van der Waals surface area contributed by atoms with E-state index in [1.54, 1.807) is 35.5 Å². The van der Waals surface area contributed by atoms with E-state index in [0.717, 1.165) is 16.3 Å². The average molecular weight is 221 g/mol. The molecule has 0 saturated carbocycles. The average Bonchev–Trinajstić information content (AvgIpc) is 2.84. The second-order valence-electron chi connectivity index (χ2n) is 2.96. The first-order valence-corrected chi connectivity index (χ1v) is 5.37. The van der Waals surface area contributed by atoms with Crippen molar-refractivity contribution in [1.29, 1.82) is 0 Å². The van der Waals surface area contributed by atoms with Gasteiger partial charge in [-0.25, -0.2) is 4.68 Å². The summed E-state index contributed by atoms with van der Waals surface area (Å²) in [6.07, 6.45) is 3.30. The Bertz CT molecular complexity index is 519. The highest BCUT2D eigenvalue weighted by Gasteiger charge is 1.97. The van der Waals surface area contributed by atoms with Crippen LogP contribution < -0.4 is 4.80 Å². The van der Waals surface area contributed by atoms with E-state index in [0.29, 0.717) is 0 Å². The largest absolute Gasteiger partial charge is 0.463 e. The lowest BCUT2D eigenvalue weighted by atomic mass is 10.5. The minimum Gasteiger partial charge on any atom is -0.463 e. The van der Waals surface area contributed by atoms with Crippen LogP contribution in [0.4, 0.5) is 0 Å². The molecule has 15 heavy (non-hydrogen) atoms. The van der Waals surface area contributed by atoms with Gasteiger partial charge in [0.2, 0.25) is 4.80 Å². The normalized spacial score (nSPS) is 12.8. The number of rotatable bonds is 2. The lowest BCUT2D eigenvalue weighted by molar-refractivity contribution is 0.559. The molecule has 0 fully saturated rings. The number of thiazole rings is 1. The maximum atomic E-state index is 5.16. The minimum atomic E-state index is 0.732. The number of aryl methyl sites for hydroxylation is 1. The Morgan fingerprint density at radius 1 is 1.53 bits per heavy atom.